The highest BCUT2D eigenvalue weighted by Crippen LogP contribution is 2.38. The highest BCUT2D eigenvalue weighted by molar-refractivity contribution is 7.99. The van der Waals surface area contributed by atoms with Crippen LogP contribution in [0.5, 0.6) is 0 Å². The van der Waals surface area contributed by atoms with Gasteiger partial charge in [-0.25, -0.2) is 17.9 Å². The minimum Gasteiger partial charge on any atom is -0.394 e. The molecule has 2 aromatic carbocycles. The second kappa shape index (κ2) is 8.97. The predicted molar refractivity (Wildman–Crippen MR) is 104 cm³/mol. The van der Waals surface area contributed by atoms with E-state index in [1.54, 1.807) is 0 Å². The maximum atomic E-state index is 13.6. The second-order valence-electron chi connectivity index (χ2n) is 6.97. The van der Waals surface area contributed by atoms with Crippen molar-refractivity contribution < 1.29 is 33.2 Å². The molecule has 1 saturated heterocycles. The molecule has 0 amide bonds. The predicted octanol–water partition coefficient (Wildman–Crippen LogP) is 2.13. The summed E-state index contributed by atoms with van der Waals surface area (Å²) in [7, 11) is 0. The molecule has 11 heteroatoms. The van der Waals surface area contributed by atoms with Gasteiger partial charge in [0, 0.05) is 10.5 Å². The lowest BCUT2D eigenvalue weighted by Gasteiger charge is -2.41. The Labute approximate surface area is 179 Å². The summed E-state index contributed by atoms with van der Waals surface area (Å²) in [6, 6.07) is 9.59. The largest absolute Gasteiger partial charge is 0.394 e. The van der Waals surface area contributed by atoms with E-state index in [4.69, 9.17) is 4.74 Å². The Kier molecular flexibility index (Phi) is 6.30. The van der Waals surface area contributed by atoms with Crippen LogP contribution >= 0.6 is 11.8 Å². The van der Waals surface area contributed by atoms with Crippen LogP contribution < -0.4 is 0 Å². The van der Waals surface area contributed by atoms with Gasteiger partial charge in [-0.05, 0) is 24.3 Å². The molecule has 2 unspecified atom stereocenters. The Morgan fingerprint density at radius 2 is 1.71 bits per heavy atom. The Balaban J connectivity index is 1.64. The Morgan fingerprint density at radius 3 is 2.35 bits per heavy atom. The molecule has 1 aliphatic rings. The summed E-state index contributed by atoms with van der Waals surface area (Å²) in [5.41, 5.74) is -0.898. The normalized spacial score (nSPS) is 26.2. The van der Waals surface area contributed by atoms with Gasteiger partial charge in [0.25, 0.3) is 0 Å². The summed E-state index contributed by atoms with van der Waals surface area (Å²) in [5, 5.41) is 38.8. The van der Waals surface area contributed by atoms with E-state index >= 15 is 0 Å². The number of hydrogen-bond donors (Lipinski definition) is 3. The Hall–Kier alpha value is -2.44. The maximum Gasteiger partial charge on any atom is 0.194 e. The summed E-state index contributed by atoms with van der Waals surface area (Å²) in [6.45, 7) is -0.508. The summed E-state index contributed by atoms with van der Waals surface area (Å²) in [5.74, 6) is -4.36. The van der Waals surface area contributed by atoms with Gasteiger partial charge in [0.1, 0.15) is 35.5 Å². The molecule has 7 nitrogen and oxygen atoms in total. The Morgan fingerprint density at radius 1 is 1.03 bits per heavy atom. The third kappa shape index (κ3) is 4.32. The molecule has 0 radical (unpaired) electrons. The first-order chi connectivity index (χ1) is 14.9. The number of benzene rings is 2. The summed E-state index contributed by atoms with van der Waals surface area (Å²) >= 11 is 1.20. The smallest absolute Gasteiger partial charge is 0.194 e. The van der Waals surface area contributed by atoms with Crippen LogP contribution in [0.15, 0.2) is 53.6 Å². The van der Waals surface area contributed by atoms with Crippen LogP contribution in [0.3, 0.4) is 0 Å². The minimum absolute atomic E-state index is 0.0107. The lowest BCUT2D eigenvalue weighted by molar-refractivity contribution is -0.178. The van der Waals surface area contributed by atoms with E-state index in [2.05, 4.69) is 10.3 Å². The molecule has 0 saturated carbocycles. The van der Waals surface area contributed by atoms with E-state index in [1.807, 2.05) is 30.3 Å². The first-order valence-electron chi connectivity index (χ1n) is 9.30. The van der Waals surface area contributed by atoms with Crippen LogP contribution in [0.4, 0.5) is 13.2 Å². The van der Waals surface area contributed by atoms with Crippen molar-refractivity contribution in [1.82, 2.24) is 15.0 Å². The van der Waals surface area contributed by atoms with Crippen LogP contribution in [-0.4, -0.2) is 60.7 Å². The molecule has 1 aromatic heterocycles. The molecule has 164 valence electrons. The molecular weight excluding hydrogens is 435 g/mol. The topological polar surface area (TPSA) is 101 Å². The lowest BCUT2D eigenvalue weighted by atomic mass is 9.97. The van der Waals surface area contributed by atoms with Crippen molar-refractivity contribution >= 4 is 11.8 Å². The third-order valence-electron chi connectivity index (χ3n) is 4.94. The van der Waals surface area contributed by atoms with E-state index < -0.39 is 53.8 Å². The van der Waals surface area contributed by atoms with Crippen molar-refractivity contribution in [2.75, 3.05) is 6.61 Å². The third-order valence-corrected chi connectivity index (χ3v) is 6.11. The summed E-state index contributed by atoms with van der Waals surface area (Å²) in [4.78, 5) is 0.801. The van der Waals surface area contributed by atoms with Crippen LogP contribution in [0.25, 0.3) is 11.3 Å². The molecule has 2 heterocycles. The molecule has 1 aliphatic heterocycles. The van der Waals surface area contributed by atoms with Crippen LogP contribution in [0.2, 0.25) is 0 Å². The summed E-state index contributed by atoms with van der Waals surface area (Å²) in [6.07, 6.45) is -2.35. The molecule has 31 heavy (non-hydrogen) atoms. The molecular formula is C20H18F3N3O4S. The van der Waals surface area contributed by atoms with Crippen LogP contribution in [0.1, 0.15) is 6.04 Å². The number of aromatic nitrogens is 3. The monoisotopic (exact) mass is 453 g/mol. The molecule has 4 rings (SSSR count). The van der Waals surface area contributed by atoms with E-state index in [9.17, 15) is 28.5 Å². The first kappa shape index (κ1) is 21.8. The van der Waals surface area contributed by atoms with Crippen LogP contribution in [-0.2, 0) is 4.74 Å². The molecule has 5 atom stereocenters. The first-order valence-corrected chi connectivity index (χ1v) is 10.2. The van der Waals surface area contributed by atoms with Gasteiger partial charge in [0.05, 0.1) is 12.8 Å². The SMILES string of the molecule is OCC1O[C@@H](Sc2ccccc2)C(O)[C@@H](n2cc(-c3cc(F)c(F)c(F)c3)nn2)[C@H]1O. The van der Waals surface area contributed by atoms with E-state index in [0.717, 1.165) is 21.7 Å². The zero-order valence-electron chi connectivity index (χ0n) is 15.8. The fraction of sp³-hybridized carbons (Fsp3) is 0.300. The van der Waals surface area contributed by atoms with Crippen molar-refractivity contribution in [2.24, 2.45) is 0 Å². The van der Waals surface area contributed by atoms with Gasteiger partial charge < -0.3 is 20.1 Å². The number of aliphatic hydroxyl groups excluding tert-OH is 3. The maximum absolute atomic E-state index is 13.6. The summed E-state index contributed by atoms with van der Waals surface area (Å²) < 4.78 is 47.2. The quantitative estimate of drug-likeness (QED) is 0.509. The molecule has 0 aliphatic carbocycles. The standard InChI is InChI=1S/C20H18F3N3O4S/c21-12-6-10(7-13(22)16(12)23)14-8-26(25-24-14)17-18(28)15(9-27)30-20(19(17)29)31-11-4-2-1-3-5-11/h1-8,15,17-20,27-29H,9H2/t15?,17-,18-,19?,20-/m0/s1. The van der Waals surface area contributed by atoms with Gasteiger partial charge >= 0.3 is 0 Å². The molecule has 3 N–H and O–H groups in total. The molecule has 3 aromatic rings. The zero-order valence-corrected chi connectivity index (χ0v) is 16.7. The number of rotatable bonds is 5. The minimum atomic E-state index is -1.60. The van der Waals surface area contributed by atoms with Gasteiger partial charge in [0.2, 0.25) is 0 Å². The average molecular weight is 453 g/mol. The molecule has 0 bridgehead atoms. The number of ether oxygens (including phenoxy) is 1. The van der Waals surface area contributed by atoms with E-state index in [-0.39, 0.29) is 11.3 Å². The average Bonchev–Trinajstić information content (AvgIpc) is 3.24. The fourth-order valence-electron chi connectivity index (χ4n) is 3.37. The number of hydrogen-bond acceptors (Lipinski definition) is 7. The number of aliphatic hydroxyl groups is 3. The lowest BCUT2D eigenvalue weighted by Crippen LogP contribution is -2.55. The van der Waals surface area contributed by atoms with Gasteiger partial charge in [-0.15, -0.1) is 5.10 Å². The van der Waals surface area contributed by atoms with Crippen molar-refractivity contribution in [3.05, 3.63) is 66.1 Å². The van der Waals surface area contributed by atoms with Crippen molar-refractivity contribution in [1.29, 1.82) is 0 Å². The highest BCUT2D eigenvalue weighted by atomic mass is 32.2. The molecule has 0 spiro atoms. The Bertz CT molecular complexity index is 1030. The number of halogens is 3. The van der Waals surface area contributed by atoms with E-state index in [1.165, 1.54) is 18.0 Å². The zero-order chi connectivity index (χ0) is 22.1. The fourth-order valence-corrected chi connectivity index (χ4v) is 4.45. The van der Waals surface area contributed by atoms with E-state index in [0.29, 0.717) is 0 Å². The van der Waals surface area contributed by atoms with Crippen molar-refractivity contribution in [3.8, 4) is 11.3 Å². The highest BCUT2D eigenvalue weighted by Gasteiger charge is 2.46. The van der Waals surface area contributed by atoms with Gasteiger partial charge in [-0.3, -0.25) is 0 Å². The second-order valence-corrected chi connectivity index (χ2v) is 8.14. The van der Waals surface area contributed by atoms with Crippen molar-refractivity contribution in [3.63, 3.8) is 0 Å². The molecule has 1 fully saturated rings. The van der Waals surface area contributed by atoms with Gasteiger partial charge in [-0.2, -0.15) is 0 Å². The van der Waals surface area contributed by atoms with Gasteiger partial charge in [0.15, 0.2) is 17.5 Å². The van der Waals surface area contributed by atoms with Crippen molar-refractivity contribution in [2.45, 2.75) is 34.7 Å². The number of nitrogens with zero attached hydrogens (tertiary/aromatic N) is 3. The number of thioether (sulfide) groups is 1. The van der Waals surface area contributed by atoms with Gasteiger partial charge in [-0.1, -0.05) is 35.2 Å². The van der Waals surface area contributed by atoms with Crippen LogP contribution in [0, 0.1) is 17.5 Å².